The molecule has 0 aliphatic carbocycles. The molecule has 2 saturated heterocycles. The zero-order valence-corrected chi connectivity index (χ0v) is 15.9. The van der Waals surface area contributed by atoms with Gasteiger partial charge in [-0.1, -0.05) is 12.1 Å². The average Bonchev–Trinajstić information content (AvgIpc) is 3.26. The molecular formula is C22H23FN2O3. The number of nitrogens with zero attached hydrogens (tertiary/aromatic N) is 2. The van der Waals surface area contributed by atoms with E-state index in [1.165, 1.54) is 12.1 Å². The summed E-state index contributed by atoms with van der Waals surface area (Å²) in [5.41, 5.74) is 1.45. The Labute approximate surface area is 163 Å². The molecule has 2 aromatic rings. The predicted molar refractivity (Wildman–Crippen MR) is 104 cm³/mol. The summed E-state index contributed by atoms with van der Waals surface area (Å²) < 4.78 is 18.3. The molecule has 1 atom stereocenters. The number of halogens is 1. The number of hydrogen-bond donors (Lipinski definition) is 0. The molecule has 2 aliphatic heterocycles. The van der Waals surface area contributed by atoms with Gasteiger partial charge in [0.05, 0.1) is 13.5 Å². The monoisotopic (exact) mass is 382 g/mol. The van der Waals surface area contributed by atoms with Crippen molar-refractivity contribution in [1.82, 2.24) is 4.90 Å². The molecule has 0 unspecified atom stereocenters. The van der Waals surface area contributed by atoms with Gasteiger partial charge in [0.2, 0.25) is 11.8 Å². The number of likely N-dealkylation sites (tertiary alicyclic amines) is 1. The number of carbonyl (C=O) groups is 2. The van der Waals surface area contributed by atoms with Gasteiger partial charge < -0.3 is 14.5 Å². The molecule has 0 N–H and O–H groups in total. The fraction of sp³-hybridized carbons (Fsp3) is 0.364. The zero-order chi connectivity index (χ0) is 19.7. The molecule has 2 heterocycles. The number of rotatable bonds is 4. The molecule has 2 amide bonds. The van der Waals surface area contributed by atoms with Crippen LogP contribution in [-0.4, -0.2) is 43.5 Å². The molecule has 4 rings (SSSR count). The third-order valence-corrected chi connectivity index (χ3v) is 5.76. The minimum Gasteiger partial charge on any atom is -0.497 e. The summed E-state index contributed by atoms with van der Waals surface area (Å²) in [6.07, 6.45) is 1.58. The number of amides is 2. The van der Waals surface area contributed by atoms with Gasteiger partial charge in [-0.25, -0.2) is 4.39 Å². The second-order valence-corrected chi connectivity index (χ2v) is 7.72. The lowest BCUT2D eigenvalue weighted by Crippen LogP contribution is -2.34. The van der Waals surface area contributed by atoms with Crippen LogP contribution < -0.4 is 9.64 Å². The van der Waals surface area contributed by atoms with Crippen molar-refractivity contribution in [3.63, 3.8) is 0 Å². The topological polar surface area (TPSA) is 49.9 Å². The number of benzene rings is 2. The van der Waals surface area contributed by atoms with Gasteiger partial charge in [-0.3, -0.25) is 9.59 Å². The largest absolute Gasteiger partial charge is 0.497 e. The number of ether oxygens (including phenoxy) is 1. The quantitative estimate of drug-likeness (QED) is 0.817. The predicted octanol–water partition coefficient (Wildman–Crippen LogP) is 3.03. The summed E-state index contributed by atoms with van der Waals surface area (Å²) in [6, 6.07) is 13.5. The Morgan fingerprint density at radius 3 is 2.50 bits per heavy atom. The van der Waals surface area contributed by atoms with Gasteiger partial charge in [0.1, 0.15) is 11.6 Å². The highest BCUT2D eigenvalue weighted by Gasteiger charge is 2.48. The minimum absolute atomic E-state index is 0.0380. The van der Waals surface area contributed by atoms with Crippen molar-refractivity contribution >= 4 is 17.5 Å². The molecule has 28 heavy (non-hydrogen) atoms. The second-order valence-electron chi connectivity index (χ2n) is 7.72. The van der Waals surface area contributed by atoms with Gasteiger partial charge in [0, 0.05) is 37.2 Å². The van der Waals surface area contributed by atoms with Crippen molar-refractivity contribution in [2.75, 3.05) is 31.6 Å². The Balaban J connectivity index is 1.40. The van der Waals surface area contributed by atoms with Crippen LogP contribution in [0, 0.1) is 11.2 Å². The van der Waals surface area contributed by atoms with Crippen LogP contribution in [-0.2, 0) is 16.0 Å². The standard InChI is InChI=1S/C22H23FN2O3/c1-28-19-8-2-16(3-9-19)12-20(26)24-11-10-22(14-24)13-21(27)25(15-22)18-6-4-17(23)5-7-18/h2-9H,10-15H2,1H3/t22-/m1/s1. The van der Waals surface area contributed by atoms with Crippen molar-refractivity contribution < 1.29 is 18.7 Å². The van der Waals surface area contributed by atoms with Gasteiger partial charge in [0.25, 0.3) is 0 Å². The van der Waals surface area contributed by atoms with E-state index in [1.807, 2.05) is 29.2 Å². The first-order valence-electron chi connectivity index (χ1n) is 9.45. The van der Waals surface area contributed by atoms with Crippen molar-refractivity contribution in [2.24, 2.45) is 5.41 Å². The van der Waals surface area contributed by atoms with Crippen LogP contribution >= 0.6 is 0 Å². The minimum atomic E-state index is -0.318. The molecule has 1 spiro atoms. The van der Waals surface area contributed by atoms with Crippen LogP contribution in [0.1, 0.15) is 18.4 Å². The van der Waals surface area contributed by atoms with Crippen molar-refractivity contribution in [1.29, 1.82) is 0 Å². The van der Waals surface area contributed by atoms with Crippen LogP contribution in [0.5, 0.6) is 5.75 Å². The SMILES string of the molecule is COc1ccc(CC(=O)N2CC[C@@]3(CC(=O)N(c4ccc(F)cc4)C3)C2)cc1. The summed E-state index contributed by atoms with van der Waals surface area (Å²) >= 11 is 0. The van der Waals surface area contributed by atoms with Gasteiger partial charge in [-0.2, -0.15) is 0 Å². The molecule has 0 radical (unpaired) electrons. The van der Waals surface area contributed by atoms with E-state index in [4.69, 9.17) is 4.74 Å². The zero-order valence-electron chi connectivity index (χ0n) is 15.9. The number of carbonyl (C=O) groups excluding carboxylic acids is 2. The lowest BCUT2D eigenvalue weighted by atomic mass is 9.86. The van der Waals surface area contributed by atoms with E-state index in [9.17, 15) is 14.0 Å². The van der Waals surface area contributed by atoms with Gasteiger partial charge in [-0.05, 0) is 48.4 Å². The molecule has 5 nitrogen and oxygen atoms in total. The van der Waals surface area contributed by atoms with E-state index in [1.54, 1.807) is 24.1 Å². The highest BCUT2D eigenvalue weighted by atomic mass is 19.1. The third kappa shape index (κ3) is 3.59. The van der Waals surface area contributed by atoms with E-state index in [2.05, 4.69) is 0 Å². The summed E-state index contributed by atoms with van der Waals surface area (Å²) in [6.45, 7) is 1.83. The molecule has 0 bridgehead atoms. The van der Waals surface area contributed by atoms with E-state index < -0.39 is 0 Å². The molecule has 0 aromatic heterocycles. The lowest BCUT2D eigenvalue weighted by Gasteiger charge is -2.24. The molecule has 2 aliphatic rings. The normalized spacial score (nSPS) is 21.6. The fourth-order valence-corrected chi connectivity index (χ4v) is 4.20. The maximum Gasteiger partial charge on any atom is 0.227 e. The molecule has 0 saturated carbocycles. The molecule has 2 aromatic carbocycles. The Morgan fingerprint density at radius 2 is 1.82 bits per heavy atom. The summed E-state index contributed by atoms with van der Waals surface area (Å²) in [5, 5.41) is 0. The highest BCUT2D eigenvalue weighted by molar-refractivity contribution is 5.96. The van der Waals surface area contributed by atoms with Crippen LogP contribution in [0.3, 0.4) is 0 Å². The van der Waals surface area contributed by atoms with Gasteiger partial charge in [-0.15, -0.1) is 0 Å². The Morgan fingerprint density at radius 1 is 1.11 bits per heavy atom. The Bertz CT molecular complexity index is 882. The van der Waals surface area contributed by atoms with E-state index in [0.29, 0.717) is 38.2 Å². The van der Waals surface area contributed by atoms with Crippen LogP contribution in [0.25, 0.3) is 0 Å². The second kappa shape index (κ2) is 7.26. The maximum atomic E-state index is 13.2. The number of anilines is 1. The van der Waals surface area contributed by atoms with Crippen LogP contribution in [0.15, 0.2) is 48.5 Å². The lowest BCUT2D eigenvalue weighted by molar-refractivity contribution is -0.130. The van der Waals surface area contributed by atoms with Crippen molar-refractivity contribution in [3.8, 4) is 5.75 Å². The molecule has 6 heteroatoms. The fourth-order valence-electron chi connectivity index (χ4n) is 4.20. The summed E-state index contributed by atoms with van der Waals surface area (Å²) in [7, 11) is 1.61. The Kier molecular flexibility index (Phi) is 4.79. The van der Waals surface area contributed by atoms with Crippen molar-refractivity contribution in [2.45, 2.75) is 19.3 Å². The van der Waals surface area contributed by atoms with Crippen molar-refractivity contribution in [3.05, 3.63) is 59.9 Å². The summed E-state index contributed by atoms with van der Waals surface area (Å²) in [4.78, 5) is 28.9. The average molecular weight is 382 g/mol. The smallest absolute Gasteiger partial charge is 0.227 e. The molecule has 146 valence electrons. The maximum absolute atomic E-state index is 13.2. The first-order valence-corrected chi connectivity index (χ1v) is 9.45. The van der Waals surface area contributed by atoms with E-state index >= 15 is 0 Å². The number of methoxy groups -OCH3 is 1. The third-order valence-electron chi connectivity index (χ3n) is 5.76. The molecular weight excluding hydrogens is 359 g/mol. The first-order chi connectivity index (χ1) is 13.5. The highest BCUT2D eigenvalue weighted by Crippen LogP contribution is 2.42. The van der Waals surface area contributed by atoms with Crippen LogP contribution in [0.2, 0.25) is 0 Å². The molecule has 2 fully saturated rings. The van der Waals surface area contributed by atoms with Crippen LogP contribution in [0.4, 0.5) is 10.1 Å². The van der Waals surface area contributed by atoms with Gasteiger partial charge in [0.15, 0.2) is 0 Å². The Hall–Kier alpha value is -2.89. The van der Waals surface area contributed by atoms with Gasteiger partial charge >= 0.3 is 0 Å². The summed E-state index contributed by atoms with van der Waals surface area (Å²) in [5.74, 6) is 0.564. The number of hydrogen-bond acceptors (Lipinski definition) is 3. The first kappa shape index (κ1) is 18.5. The van der Waals surface area contributed by atoms with E-state index in [0.717, 1.165) is 17.7 Å². The van der Waals surface area contributed by atoms with E-state index in [-0.39, 0.29) is 23.0 Å².